The quantitative estimate of drug-likeness (QED) is 0.861. The highest BCUT2D eigenvalue weighted by atomic mass is 32.2. The van der Waals surface area contributed by atoms with E-state index in [1.807, 2.05) is 20.8 Å². The number of amides is 1. The molecule has 1 amide bonds. The summed E-state index contributed by atoms with van der Waals surface area (Å²) in [5.74, 6) is -0.295. The van der Waals surface area contributed by atoms with Crippen molar-refractivity contribution in [3.63, 3.8) is 0 Å². The fourth-order valence-electron chi connectivity index (χ4n) is 1.59. The number of carbonyl (C=O) groups is 1. The van der Waals surface area contributed by atoms with Crippen LogP contribution in [0.5, 0.6) is 0 Å². The van der Waals surface area contributed by atoms with Gasteiger partial charge < -0.3 is 5.32 Å². The van der Waals surface area contributed by atoms with Gasteiger partial charge in [-0.3, -0.25) is 4.79 Å². The summed E-state index contributed by atoms with van der Waals surface area (Å²) in [7, 11) is -3.79. The largest absolute Gasteiger partial charge is 0.347 e. The topological polar surface area (TPSA) is 89.3 Å². The molecule has 0 saturated heterocycles. The molecular weight excluding hydrogens is 264 g/mol. The van der Waals surface area contributed by atoms with Crippen molar-refractivity contribution in [1.29, 1.82) is 0 Å². The summed E-state index contributed by atoms with van der Waals surface area (Å²) in [5, 5.41) is 7.96. The first-order chi connectivity index (χ1) is 8.72. The maximum absolute atomic E-state index is 12.1. The van der Waals surface area contributed by atoms with Gasteiger partial charge in [0.25, 0.3) is 5.91 Å². The smallest absolute Gasteiger partial charge is 0.251 e. The van der Waals surface area contributed by atoms with Gasteiger partial charge in [-0.2, -0.15) is 0 Å². The van der Waals surface area contributed by atoms with Gasteiger partial charge in [-0.15, -0.1) is 0 Å². The monoisotopic (exact) mass is 284 g/mol. The Labute approximate surface area is 114 Å². The van der Waals surface area contributed by atoms with E-state index in [-0.39, 0.29) is 16.3 Å². The Kier molecular flexibility index (Phi) is 4.70. The molecule has 5 nitrogen and oxygen atoms in total. The average Bonchev–Trinajstić information content (AvgIpc) is 2.37. The minimum Gasteiger partial charge on any atom is -0.347 e. The van der Waals surface area contributed by atoms with Gasteiger partial charge in [0.1, 0.15) is 0 Å². The van der Waals surface area contributed by atoms with Gasteiger partial charge in [0.2, 0.25) is 10.0 Å². The second-order valence-corrected chi connectivity index (χ2v) is 6.36. The molecule has 6 heteroatoms. The average molecular weight is 284 g/mol. The predicted molar refractivity (Wildman–Crippen MR) is 74.3 cm³/mol. The van der Waals surface area contributed by atoms with Gasteiger partial charge in [-0.25, -0.2) is 13.6 Å². The molecule has 0 atom stereocenters. The predicted octanol–water partition coefficient (Wildman–Crippen LogP) is 1.64. The van der Waals surface area contributed by atoms with Crippen LogP contribution in [0.3, 0.4) is 0 Å². The molecule has 0 saturated carbocycles. The lowest BCUT2D eigenvalue weighted by atomic mass is 9.95. The van der Waals surface area contributed by atoms with E-state index in [0.717, 1.165) is 12.8 Å². The zero-order chi connectivity index (χ0) is 14.7. The zero-order valence-corrected chi connectivity index (χ0v) is 12.3. The minimum absolute atomic E-state index is 0.0603. The summed E-state index contributed by atoms with van der Waals surface area (Å²) < 4.78 is 22.5. The molecule has 19 heavy (non-hydrogen) atoms. The van der Waals surface area contributed by atoms with E-state index in [9.17, 15) is 13.2 Å². The van der Waals surface area contributed by atoms with Crippen LogP contribution in [0, 0.1) is 0 Å². The van der Waals surface area contributed by atoms with Gasteiger partial charge in [0.05, 0.1) is 4.90 Å². The lowest BCUT2D eigenvalue weighted by Crippen LogP contribution is -2.45. The number of carbonyl (C=O) groups excluding carboxylic acids is 1. The van der Waals surface area contributed by atoms with Gasteiger partial charge in [0, 0.05) is 11.1 Å². The van der Waals surface area contributed by atoms with Crippen molar-refractivity contribution in [2.45, 2.75) is 44.0 Å². The van der Waals surface area contributed by atoms with Crippen LogP contribution in [-0.4, -0.2) is 19.9 Å². The van der Waals surface area contributed by atoms with Crippen LogP contribution in [0.25, 0.3) is 0 Å². The molecule has 0 bridgehead atoms. The third kappa shape index (κ3) is 4.04. The highest BCUT2D eigenvalue weighted by molar-refractivity contribution is 7.89. The second kappa shape index (κ2) is 5.71. The molecule has 106 valence electrons. The van der Waals surface area contributed by atoms with Crippen LogP contribution in [0.4, 0.5) is 0 Å². The van der Waals surface area contributed by atoms with Crippen LogP contribution in [0.1, 0.15) is 44.0 Å². The van der Waals surface area contributed by atoms with Crippen LogP contribution in [-0.2, 0) is 10.0 Å². The zero-order valence-electron chi connectivity index (χ0n) is 11.4. The van der Waals surface area contributed by atoms with Crippen molar-refractivity contribution in [2.24, 2.45) is 5.14 Å². The summed E-state index contributed by atoms with van der Waals surface area (Å²) in [6, 6.07) is 5.72. The molecule has 0 aliphatic rings. The standard InChI is InChI=1S/C13H20N2O3S/c1-4-13(3,5-2)15-12(16)10-7-6-8-11(9-10)19(14,17)18/h6-9H,4-5H2,1-3H3,(H,15,16)(H2,14,17,18). The van der Waals surface area contributed by atoms with E-state index >= 15 is 0 Å². The Balaban J connectivity index is 3.02. The lowest BCUT2D eigenvalue weighted by molar-refractivity contribution is 0.0901. The highest BCUT2D eigenvalue weighted by Crippen LogP contribution is 2.16. The Morgan fingerprint density at radius 1 is 1.32 bits per heavy atom. The SMILES string of the molecule is CCC(C)(CC)NC(=O)c1cccc(S(N)(=O)=O)c1. The molecule has 0 aliphatic carbocycles. The molecule has 0 radical (unpaired) electrons. The lowest BCUT2D eigenvalue weighted by Gasteiger charge is -2.28. The van der Waals surface area contributed by atoms with Gasteiger partial charge >= 0.3 is 0 Å². The van der Waals surface area contributed by atoms with Crippen LogP contribution in [0.15, 0.2) is 29.2 Å². The first kappa shape index (κ1) is 15.7. The highest BCUT2D eigenvalue weighted by Gasteiger charge is 2.23. The Bertz CT molecular complexity index is 563. The maximum Gasteiger partial charge on any atom is 0.251 e. The molecule has 0 aliphatic heterocycles. The number of hydrogen-bond acceptors (Lipinski definition) is 3. The van der Waals surface area contributed by atoms with E-state index in [4.69, 9.17) is 5.14 Å². The number of primary sulfonamides is 1. The van der Waals surface area contributed by atoms with Crippen molar-refractivity contribution < 1.29 is 13.2 Å². The fraction of sp³-hybridized carbons (Fsp3) is 0.462. The molecule has 0 heterocycles. The molecule has 0 unspecified atom stereocenters. The number of sulfonamides is 1. The Morgan fingerprint density at radius 2 is 1.89 bits per heavy atom. The van der Waals surface area contributed by atoms with Gasteiger partial charge in [-0.1, -0.05) is 19.9 Å². The summed E-state index contributed by atoms with van der Waals surface area (Å²) in [6.07, 6.45) is 1.59. The molecule has 1 aromatic rings. The number of nitrogens with one attached hydrogen (secondary N) is 1. The normalized spacial score (nSPS) is 12.2. The molecular formula is C13H20N2O3S. The molecule has 0 spiro atoms. The Morgan fingerprint density at radius 3 is 2.37 bits per heavy atom. The Hall–Kier alpha value is -1.40. The number of hydrogen-bond donors (Lipinski definition) is 2. The third-order valence-electron chi connectivity index (χ3n) is 3.40. The van der Waals surface area contributed by atoms with E-state index in [0.29, 0.717) is 5.56 Å². The van der Waals surface area contributed by atoms with Gasteiger partial charge in [0.15, 0.2) is 0 Å². The van der Waals surface area contributed by atoms with Crippen molar-refractivity contribution >= 4 is 15.9 Å². The third-order valence-corrected chi connectivity index (χ3v) is 4.31. The molecule has 1 aromatic carbocycles. The van der Waals surface area contributed by atoms with Crippen LogP contribution in [0.2, 0.25) is 0 Å². The van der Waals surface area contributed by atoms with Crippen molar-refractivity contribution in [2.75, 3.05) is 0 Å². The fourth-order valence-corrected chi connectivity index (χ4v) is 2.15. The number of nitrogens with two attached hydrogens (primary N) is 1. The van der Waals surface area contributed by atoms with Crippen molar-refractivity contribution in [1.82, 2.24) is 5.32 Å². The molecule has 0 fully saturated rings. The molecule has 0 aromatic heterocycles. The van der Waals surface area contributed by atoms with Crippen molar-refractivity contribution in [3.05, 3.63) is 29.8 Å². The maximum atomic E-state index is 12.1. The van der Waals surface area contributed by atoms with Crippen LogP contribution < -0.4 is 10.5 Å². The van der Waals surface area contributed by atoms with Gasteiger partial charge in [-0.05, 0) is 38.0 Å². The first-order valence-electron chi connectivity index (χ1n) is 6.17. The first-order valence-corrected chi connectivity index (χ1v) is 7.72. The summed E-state index contributed by atoms with van der Waals surface area (Å²) in [6.45, 7) is 5.93. The van der Waals surface area contributed by atoms with Crippen LogP contribution >= 0.6 is 0 Å². The number of rotatable bonds is 5. The summed E-state index contributed by atoms with van der Waals surface area (Å²) >= 11 is 0. The molecule has 1 rings (SSSR count). The second-order valence-electron chi connectivity index (χ2n) is 4.79. The summed E-state index contributed by atoms with van der Waals surface area (Å²) in [5.41, 5.74) is -0.00560. The van der Waals surface area contributed by atoms with Crippen molar-refractivity contribution in [3.8, 4) is 0 Å². The van der Waals surface area contributed by atoms with E-state index < -0.39 is 10.0 Å². The number of benzene rings is 1. The summed E-state index contributed by atoms with van der Waals surface area (Å²) in [4.78, 5) is 12.1. The molecule has 3 N–H and O–H groups in total. The van der Waals surface area contributed by atoms with E-state index in [2.05, 4.69) is 5.32 Å². The van der Waals surface area contributed by atoms with E-state index in [1.54, 1.807) is 6.07 Å². The minimum atomic E-state index is -3.79. The van der Waals surface area contributed by atoms with E-state index in [1.165, 1.54) is 18.2 Å².